The highest BCUT2D eigenvalue weighted by Gasteiger charge is 2.36. The Morgan fingerprint density at radius 2 is 1.56 bits per heavy atom. The third-order valence-electron chi connectivity index (χ3n) is 2.71. The van der Waals surface area contributed by atoms with Crippen LogP contribution in [-0.2, 0) is 19.1 Å². The molecule has 1 aliphatic rings. The van der Waals surface area contributed by atoms with Crippen LogP contribution in [0.1, 0.15) is 40.0 Å². The van der Waals surface area contributed by atoms with Crippen LogP contribution >= 0.6 is 0 Å². The van der Waals surface area contributed by atoms with Crippen LogP contribution in [0.15, 0.2) is 0 Å². The van der Waals surface area contributed by atoms with Crippen LogP contribution in [0, 0.1) is 11.8 Å². The molecular formula is C12H20O4. The van der Waals surface area contributed by atoms with Crippen LogP contribution in [0.3, 0.4) is 0 Å². The Hall–Kier alpha value is -1.06. The van der Waals surface area contributed by atoms with Crippen LogP contribution in [-0.4, -0.2) is 24.6 Å². The molecule has 16 heavy (non-hydrogen) atoms. The van der Waals surface area contributed by atoms with E-state index in [9.17, 15) is 9.59 Å². The monoisotopic (exact) mass is 228 g/mol. The van der Waals surface area contributed by atoms with Gasteiger partial charge in [-0.2, -0.15) is 0 Å². The summed E-state index contributed by atoms with van der Waals surface area (Å²) in [6, 6.07) is 0. The maximum Gasteiger partial charge on any atom is 0.309 e. The summed E-state index contributed by atoms with van der Waals surface area (Å²) in [6.07, 6.45) is 1.99. The normalized spacial score (nSPS) is 25.2. The third-order valence-corrected chi connectivity index (χ3v) is 2.71. The lowest BCUT2D eigenvalue weighted by Gasteiger charge is -2.21. The van der Waals surface area contributed by atoms with Crippen LogP contribution in [0.4, 0.5) is 0 Å². The molecule has 0 bridgehead atoms. The Bertz CT molecular complexity index is 277. The largest absolute Gasteiger partial charge is 0.469 e. The highest BCUT2D eigenvalue weighted by molar-refractivity contribution is 5.77. The first kappa shape index (κ1) is 13.0. The summed E-state index contributed by atoms with van der Waals surface area (Å²) >= 11 is 0. The molecule has 0 aromatic carbocycles. The molecule has 0 radical (unpaired) electrons. The van der Waals surface area contributed by atoms with Crippen LogP contribution in [0.25, 0.3) is 0 Å². The number of rotatable bonds is 2. The Labute approximate surface area is 96.3 Å². The van der Waals surface area contributed by atoms with E-state index in [1.165, 1.54) is 7.11 Å². The average Bonchev–Trinajstić information content (AvgIpc) is 2.62. The van der Waals surface area contributed by atoms with E-state index in [2.05, 4.69) is 4.74 Å². The molecule has 0 heterocycles. The van der Waals surface area contributed by atoms with E-state index in [4.69, 9.17) is 4.74 Å². The standard InChI is InChI=1S/C12H20O4/c1-12(2,3)16-11(14)9-6-5-8(7-9)10(13)15-4/h8-9H,5-7H2,1-4H3/t8-,9-/m1/s1. The van der Waals surface area contributed by atoms with Crippen molar-refractivity contribution < 1.29 is 19.1 Å². The maximum atomic E-state index is 11.7. The Kier molecular flexibility index (Phi) is 3.94. The van der Waals surface area contributed by atoms with E-state index in [-0.39, 0.29) is 23.8 Å². The van der Waals surface area contributed by atoms with Gasteiger partial charge in [0, 0.05) is 0 Å². The Balaban J connectivity index is 2.47. The SMILES string of the molecule is COC(=O)[C@@H]1CC[C@@H](C(=O)OC(C)(C)C)C1. The van der Waals surface area contributed by atoms with Crippen molar-refractivity contribution in [2.45, 2.75) is 45.6 Å². The van der Waals surface area contributed by atoms with Gasteiger partial charge in [-0.25, -0.2) is 0 Å². The van der Waals surface area contributed by atoms with Gasteiger partial charge >= 0.3 is 11.9 Å². The summed E-state index contributed by atoms with van der Waals surface area (Å²) in [5, 5.41) is 0. The van der Waals surface area contributed by atoms with Gasteiger partial charge in [0.25, 0.3) is 0 Å². The lowest BCUT2D eigenvalue weighted by molar-refractivity contribution is -0.159. The predicted octanol–water partition coefficient (Wildman–Crippen LogP) is 1.92. The van der Waals surface area contributed by atoms with Crippen molar-refractivity contribution in [1.82, 2.24) is 0 Å². The second kappa shape index (κ2) is 4.85. The van der Waals surface area contributed by atoms with Crippen LogP contribution in [0.2, 0.25) is 0 Å². The number of hydrogen-bond donors (Lipinski definition) is 0. The predicted molar refractivity (Wildman–Crippen MR) is 58.7 cm³/mol. The first-order valence-electron chi connectivity index (χ1n) is 5.64. The van der Waals surface area contributed by atoms with E-state index in [1.807, 2.05) is 20.8 Å². The van der Waals surface area contributed by atoms with E-state index < -0.39 is 5.60 Å². The minimum atomic E-state index is -0.458. The zero-order valence-corrected chi connectivity index (χ0v) is 10.4. The Morgan fingerprint density at radius 1 is 1.06 bits per heavy atom. The topological polar surface area (TPSA) is 52.6 Å². The van der Waals surface area contributed by atoms with Crippen molar-refractivity contribution in [3.8, 4) is 0 Å². The third kappa shape index (κ3) is 3.51. The number of carbonyl (C=O) groups excluding carboxylic acids is 2. The molecule has 4 nitrogen and oxygen atoms in total. The van der Waals surface area contributed by atoms with Gasteiger partial charge in [0.1, 0.15) is 5.60 Å². The van der Waals surface area contributed by atoms with E-state index in [0.29, 0.717) is 12.8 Å². The summed E-state index contributed by atoms with van der Waals surface area (Å²) in [5.74, 6) is -0.698. The van der Waals surface area contributed by atoms with E-state index in [0.717, 1.165) is 6.42 Å². The van der Waals surface area contributed by atoms with Crippen molar-refractivity contribution in [3.05, 3.63) is 0 Å². The Morgan fingerprint density at radius 3 is 2.00 bits per heavy atom. The highest BCUT2D eigenvalue weighted by Crippen LogP contribution is 2.33. The lowest BCUT2D eigenvalue weighted by atomic mass is 10.0. The summed E-state index contributed by atoms with van der Waals surface area (Å²) in [4.78, 5) is 23.0. The number of esters is 2. The number of ether oxygens (including phenoxy) is 2. The van der Waals surface area contributed by atoms with Crippen molar-refractivity contribution in [1.29, 1.82) is 0 Å². The smallest absolute Gasteiger partial charge is 0.309 e. The first-order valence-corrected chi connectivity index (χ1v) is 5.64. The van der Waals surface area contributed by atoms with Crippen molar-refractivity contribution >= 4 is 11.9 Å². The average molecular weight is 228 g/mol. The van der Waals surface area contributed by atoms with Crippen molar-refractivity contribution in [2.24, 2.45) is 11.8 Å². The molecule has 0 N–H and O–H groups in total. The molecule has 2 atom stereocenters. The molecule has 92 valence electrons. The van der Waals surface area contributed by atoms with Gasteiger partial charge in [0.15, 0.2) is 0 Å². The molecule has 0 saturated heterocycles. The first-order chi connectivity index (χ1) is 7.33. The quantitative estimate of drug-likeness (QED) is 0.677. The molecule has 0 aromatic rings. The zero-order valence-electron chi connectivity index (χ0n) is 10.4. The molecule has 0 spiro atoms. The second-order valence-corrected chi connectivity index (χ2v) is 5.26. The van der Waals surface area contributed by atoms with Crippen LogP contribution in [0.5, 0.6) is 0 Å². The fraction of sp³-hybridized carbons (Fsp3) is 0.833. The molecule has 1 fully saturated rings. The molecule has 1 saturated carbocycles. The summed E-state index contributed by atoms with van der Waals surface area (Å²) < 4.78 is 9.96. The van der Waals surface area contributed by atoms with Gasteiger partial charge in [0.05, 0.1) is 18.9 Å². The van der Waals surface area contributed by atoms with E-state index >= 15 is 0 Å². The molecule has 1 aliphatic carbocycles. The molecule has 0 amide bonds. The van der Waals surface area contributed by atoms with Crippen molar-refractivity contribution in [2.75, 3.05) is 7.11 Å². The highest BCUT2D eigenvalue weighted by atomic mass is 16.6. The molecule has 4 heteroatoms. The van der Waals surface area contributed by atoms with Gasteiger partial charge in [-0.3, -0.25) is 9.59 Å². The molecular weight excluding hydrogens is 208 g/mol. The number of carbonyl (C=O) groups is 2. The van der Waals surface area contributed by atoms with Gasteiger partial charge < -0.3 is 9.47 Å². The summed E-state index contributed by atoms with van der Waals surface area (Å²) in [6.45, 7) is 5.53. The number of methoxy groups -OCH3 is 1. The summed E-state index contributed by atoms with van der Waals surface area (Å²) in [7, 11) is 1.38. The van der Waals surface area contributed by atoms with Crippen molar-refractivity contribution in [3.63, 3.8) is 0 Å². The fourth-order valence-electron chi connectivity index (χ4n) is 1.96. The fourth-order valence-corrected chi connectivity index (χ4v) is 1.96. The van der Waals surface area contributed by atoms with E-state index in [1.54, 1.807) is 0 Å². The van der Waals surface area contributed by atoms with Crippen LogP contribution < -0.4 is 0 Å². The van der Waals surface area contributed by atoms with Gasteiger partial charge in [-0.15, -0.1) is 0 Å². The molecule has 0 aliphatic heterocycles. The molecule has 1 rings (SSSR count). The molecule has 0 unspecified atom stereocenters. The maximum absolute atomic E-state index is 11.7. The van der Waals surface area contributed by atoms with Gasteiger partial charge in [-0.05, 0) is 40.0 Å². The summed E-state index contributed by atoms with van der Waals surface area (Å²) in [5.41, 5.74) is -0.458. The minimum absolute atomic E-state index is 0.137. The van der Waals surface area contributed by atoms with Gasteiger partial charge in [-0.1, -0.05) is 0 Å². The number of hydrogen-bond acceptors (Lipinski definition) is 4. The second-order valence-electron chi connectivity index (χ2n) is 5.26. The lowest BCUT2D eigenvalue weighted by Crippen LogP contribution is -2.28. The molecule has 0 aromatic heterocycles. The minimum Gasteiger partial charge on any atom is -0.469 e. The zero-order chi connectivity index (χ0) is 12.3. The van der Waals surface area contributed by atoms with Gasteiger partial charge in [0.2, 0.25) is 0 Å².